The van der Waals surface area contributed by atoms with E-state index in [1.807, 2.05) is 0 Å². The zero-order valence-electron chi connectivity index (χ0n) is 11.9. The van der Waals surface area contributed by atoms with E-state index in [0.29, 0.717) is 18.0 Å². The van der Waals surface area contributed by atoms with Crippen LogP contribution in [0.5, 0.6) is 0 Å². The van der Waals surface area contributed by atoms with Crippen LogP contribution in [-0.4, -0.2) is 27.5 Å². The van der Waals surface area contributed by atoms with E-state index in [2.05, 4.69) is 25.8 Å². The molecule has 2 heterocycles. The number of nitrogens with one attached hydrogen (secondary N) is 2. The third kappa shape index (κ3) is 4.82. The van der Waals surface area contributed by atoms with Crippen molar-refractivity contribution >= 4 is 17.5 Å². The van der Waals surface area contributed by atoms with Crippen molar-refractivity contribution in [3.8, 4) is 0 Å². The Morgan fingerprint density at radius 3 is 2.91 bits per heavy atom. The number of carbonyl (C=O) groups is 2. The maximum absolute atomic E-state index is 11.7. The number of furan rings is 1. The molecule has 2 aromatic heterocycles. The molecule has 8 heteroatoms. The van der Waals surface area contributed by atoms with Gasteiger partial charge in [-0.25, -0.2) is 10.4 Å². The molecule has 2 N–H and O–H groups in total. The molecule has 2 aromatic rings. The molecule has 0 atom stereocenters. The summed E-state index contributed by atoms with van der Waals surface area (Å²) in [5.74, 6) is -0.0336. The van der Waals surface area contributed by atoms with Gasteiger partial charge in [-0.15, -0.1) is 0 Å². The van der Waals surface area contributed by atoms with Gasteiger partial charge >= 0.3 is 0 Å². The Balaban J connectivity index is 1.77. The molecule has 8 nitrogen and oxygen atoms in total. The summed E-state index contributed by atoms with van der Waals surface area (Å²) in [6.07, 6.45) is 5.82. The van der Waals surface area contributed by atoms with Gasteiger partial charge in [0.2, 0.25) is 5.91 Å². The fourth-order valence-electron chi connectivity index (χ4n) is 1.55. The normalized spacial score (nSPS) is 11.0. The third-order valence-electron chi connectivity index (χ3n) is 2.60. The molecule has 114 valence electrons. The minimum atomic E-state index is -0.483. The number of hydrogen-bond acceptors (Lipinski definition) is 6. The average molecular weight is 301 g/mol. The third-order valence-corrected chi connectivity index (χ3v) is 2.60. The van der Waals surface area contributed by atoms with Gasteiger partial charge in [-0.2, -0.15) is 5.10 Å². The first-order valence-corrected chi connectivity index (χ1v) is 6.54. The molecule has 0 aliphatic carbocycles. The summed E-state index contributed by atoms with van der Waals surface area (Å²) in [5.41, 5.74) is 2.94. The highest BCUT2D eigenvalue weighted by atomic mass is 16.3. The summed E-state index contributed by atoms with van der Waals surface area (Å²) in [6, 6.07) is 3.51. The highest BCUT2D eigenvalue weighted by Gasteiger charge is 2.07. The lowest BCUT2D eigenvalue weighted by Gasteiger charge is -2.04. The lowest BCUT2D eigenvalue weighted by atomic mass is 10.3. The van der Waals surface area contributed by atoms with E-state index in [0.717, 1.165) is 0 Å². The van der Waals surface area contributed by atoms with Gasteiger partial charge < -0.3 is 9.73 Å². The molecule has 2 rings (SSSR count). The summed E-state index contributed by atoms with van der Waals surface area (Å²) >= 11 is 0. The van der Waals surface area contributed by atoms with E-state index < -0.39 is 5.91 Å². The standard InChI is InChI=1S/C14H15N5O3/c1-10(7-13(20)17-8-11-3-2-6-22-11)18-19-14(21)12-9-15-4-5-16-12/h2-6,9H,7-8H2,1H3,(H,17,20)(H,19,21)/b18-10+. The van der Waals surface area contributed by atoms with Crippen molar-refractivity contribution < 1.29 is 14.0 Å². The number of rotatable bonds is 6. The fraction of sp³-hybridized carbons (Fsp3) is 0.214. The lowest BCUT2D eigenvalue weighted by molar-refractivity contribution is -0.120. The second-order valence-electron chi connectivity index (χ2n) is 4.41. The van der Waals surface area contributed by atoms with Gasteiger partial charge in [0, 0.05) is 18.1 Å². The molecular weight excluding hydrogens is 286 g/mol. The first kappa shape index (κ1) is 15.4. The van der Waals surface area contributed by atoms with Crippen LogP contribution in [0.4, 0.5) is 0 Å². The monoisotopic (exact) mass is 301 g/mol. The van der Waals surface area contributed by atoms with Gasteiger partial charge in [0.05, 0.1) is 25.4 Å². The number of carbonyl (C=O) groups excluding carboxylic acids is 2. The summed E-state index contributed by atoms with van der Waals surface area (Å²) in [6.45, 7) is 1.95. The van der Waals surface area contributed by atoms with Gasteiger partial charge in [-0.05, 0) is 19.1 Å². The van der Waals surface area contributed by atoms with E-state index in [-0.39, 0.29) is 18.0 Å². The first-order chi connectivity index (χ1) is 10.6. The first-order valence-electron chi connectivity index (χ1n) is 6.54. The topological polar surface area (TPSA) is 109 Å². The predicted molar refractivity (Wildman–Crippen MR) is 77.8 cm³/mol. The molecule has 2 amide bonds. The van der Waals surface area contributed by atoms with Gasteiger partial charge in [-0.3, -0.25) is 14.6 Å². The lowest BCUT2D eigenvalue weighted by Crippen LogP contribution is -2.26. The zero-order chi connectivity index (χ0) is 15.8. The molecular formula is C14H15N5O3. The highest BCUT2D eigenvalue weighted by molar-refractivity contribution is 6.00. The maximum atomic E-state index is 11.7. The Morgan fingerprint density at radius 2 is 2.23 bits per heavy atom. The Morgan fingerprint density at radius 1 is 1.36 bits per heavy atom. The van der Waals surface area contributed by atoms with Crippen molar-refractivity contribution in [3.05, 3.63) is 48.4 Å². The summed E-state index contributed by atoms with van der Waals surface area (Å²) in [4.78, 5) is 31.0. The Hall–Kier alpha value is -3.03. The Bertz CT molecular complexity index is 652. The van der Waals surface area contributed by atoms with E-state index in [4.69, 9.17) is 4.42 Å². The number of nitrogens with zero attached hydrogens (tertiary/aromatic N) is 3. The SMILES string of the molecule is C/C(CC(=O)NCc1ccco1)=N\NC(=O)c1cnccn1. The van der Waals surface area contributed by atoms with Crippen LogP contribution in [0.3, 0.4) is 0 Å². The van der Waals surface area contributed by atoms with Crippen molar-refractivity contribution in [2.75, 3.05) is 0 Å². The predicted octanol–water partition coefficient (Wildman–Crippen LogP) is 0.882. The molecule has 0 unspecified atom stereocenters. The maximum Gasteiger partial charge on any atom is 0.291 e. The minimum absolute atomic E-state index is 0.0709. The molecule has 0 aromatic carbocycles. The smallest absolute Gasteiger partial charge is 0.291 e. The summed E-state index contributed by atoms with van der Waals surface area (Å²) < 4.78 is 5.10. The quantitative estimate of drug-likeness (QED) is 0.608. The summed E-state index contributed by atoms with van der Waals surface area (Å²) in [5, 5.41) is 6.54. The van der Waals surface area contributed by atoms with Gasteiger partial charge in [0.25, 0.3) is 5.91 Å². The van der Waals surface area contributed by atoms with Gasteiger partial charge in [-0.1, -0.05) is 0 Å². The molecule has 0 aliphatic rings. The van der Waals surface area contributed by atoms with E-state index in [1.165, 1.54) is 24.9 Å². The number of hydrazone groups is 1. The van der Waals surface area contributed by atoms with Crippen molar-refractivity contribution in [2.24, 2.45) is 5.10 Å². The van der Waals surface area contributed by atoms with Crippen molar-refractivity contribution in [2.45, 2.75) is 19.9 Å². The van der Waals surface area contributed by atoms with E-state index >= 15 is 0 Å². The van der Waals surface area contributed by atoms with Gasteiger partial charge in [0.15, 0.2) is 0 Å². The molecule has 0 saturated carbocycles. The van der Waals surface area contributed by atoms with Crippen LogP contribution in [0.2, 0.25) is 0 Å². The van der Waals surface area contributed by atoms with Crippen LogP contribution >= 0.6 is 0 Å². The van der Waals surface area contributed by atoms with E-state index in [9.17, 15) is 9.59 Å². The van der Waals surface area contributed by atoms with Gasteiger partial charge in [0.1, 0.15) is 11.5 Å². The summed E-state index contributed by atoms with van der Waals surface area (Å²) in [7, 11) is 0. The van der Waals surface area contributed by atoms with Crippen LogP contribution < -0.4 is 10.7 Å². The molecule has 0 bridgehead atoms. The minimum Gasteiger partial charge on any atom is -0.467 e. The molecule has 0 fully saturated rings. The largest absolute Gasteiger partial charge is 0.467 e. The second kappa shape index (κ2) is 7.67. The molecule has 0 radical (unpaired) electrons. The van der Waals surface area contributed by atoms with Crippen molar-refractivity contribution in [1.82, 2.24) is 20.7 Å². The van der Waals surface area contributed by atoms with Crippen LogP contribution in [0.1, 0.15) is 29.6 Å². The number of amides is 2. The molecule has 22 heavy (non-hydrogen) atoms. The second-order valence-corrected chi connectivity index (χ2v) is 4.41. The van der Waals surface area contributed by atoms with Crippen molar-refractivity contribution in [3.63, 3.8) is 0 Å². The number of hydrogen-bond donors (Lipinski definition) is 2. The zero-order valence-corrected chi connectivity index (χ0v) is 11.9. The van der Waals surface area contributed by atoms with Crippen LogP contribution in [0.15, 0.2) is 46.5 Å². The molecule has 0 saturated heterocycles. The highest BCUT2D eigenvalue weighted by Crippen LogP contribution is 1.99. The van der Waals surface area contributed by atoms with Crippen LogP contribution in [-0.2, 0) is 11.3 Å². The van der Waals surface area contributed by atoms with Crippen LogP contribution in [0, 0.1) is 0 Å². The van der Waals surface area contributed by atoms with E-state index in [1.54, 1.807) is 19.1 Å². The average Bonchev–Trinajstić information content (AvgIpc) is 3.05. The van der Waals surface area contributed by atoms with Crippen LogP contribution in [0.25, 0.3) is 0 Å². The Kier molecular flexibility index (Phi) is 5.36. The number of aromatic nitrogens is 2. The molecule has 0 spiro atoms. The van der Waals surface area contributed by atoms with Crippen molar-refractivity contribution in [1.29, 1.82) is 0 Å². The molecule has 0 aliphatic heterocycles. The fourth-order valence-corrected chi connectivity index (χ4v) is 1.55. The Labute approximate surface area is 126 Å².